The Morgan fingerprint density at radius 2 is 1.68 bits per heavy atom. The molecule has 1 aliphatic rings. The summed E-state index contributed by atoms with van der Waals surface area (Å²) < 4.78 is 1.97. The molecule has 1 aliphatic heterocycles. The van der Waals surface area contributed by atoms with Gasteiger partial charge in [-0.3, -0.25) is 4.79 Å². The molecule has 174 valence electrons. The Balaban J connectivity index is 1.35. The first-order chi connectivity index (χ1) is 16.4. The number of hydrogen-bond donors (Lipinski definition) is 1. The van der Waals surface area contributed by atoms with Gasteiger partial charge in [0.05, 0.1) is 22.5 Å². The molecule has 0 spiro atoms. The normalized spacial score (nSPS) is 14.5. The highest BCUT2D eigenvalue weighted by Crippen LogP contribution is 2.31. The average Bonchev–Trinajstić information content (AvgIpc) is 3.20. The molecule has 4 aromatic rings. The molecule has 7 nitrogen and oxygen atoms in total. The lowest BCUT2D eigenvalue weighted by atomic mass is 9.95. The number of para-hydroxylation sites is 1. The van der Waals surface area contributed by atoms with Gasteiger partial charge in [0.1, 0.15) is 5.52 Å². The minimum absolute atomic E-state index is 0.0182. The lowest BCUT2D eigenvalue weighted by Crippen LogP contribution is -2.38. The molecule has 0 radical (unpaired) electrons. The first-order valence-electron chi connectivity index (χ1n) is 11.8. The Morgan fingerprint density at radius 1 is 0.941 bits per heavy atom. The van der Waals surface area contributed by atoms with Crippen molar-refractivity contribution in [2.24, 2.45) is 5.92 Å². The molecule has 34 heavy (non-hydrogen) atoms. The van der Waals surface area contributed by atoms with E-state index in [1.54, 1.807) is 0 Å². The summed E-state index contributed by atoms with van der Waals surface area (Å²) >= 11 is 0. The van der Waals surface area contributed by atoms with Gasteiger partial charge in [-0.2, -0.15) is 10.2 Å². The van der Waals surface area contributed by atoms with Crippen molar-refractivity contribution in [2.45, 2.75) is 40.5 Å². The van der Waals surface area contributed by atoms with Crippen molar-refractivity contribution in [3.63, 3.8) is 0 Å². The number of nitrogens with one attached hydrogen (secondary N) is 1. The number of anilines is 2. The van der Waals surface area contributed by atoms with Crippen LogP contribution in [0.1, 0.15) is 35.4 Å². The smallest absolute Gasteiger partial charge is 0.227 e. The second kappa shape index (κ2) is 8.89. The molecule has 1 amide bonds. The van der Waals surface area contributed by atoms with Crippen LogP contribution in [0.15, 0.2) is 48.5 Å². The third kappa shape index (κ3) is 4.02. The first-order valence-corrected chi connectivity index (χ1v) is 11.8. The van der Waals surface area contributed by atoms with Gasteiger partial charge >= 0.3 is 0 Å². The predicted octanol–water partition coefficient (Wildman–Crippen LogP) is 4.90. The lowest BCUT2D eigenvalue weighted by Gasteiger charge is -2.32. The number of amides is 1. The molecule has 1 N–H and O–H groups in total. The van der Waals surface area contributed by atoms with Crippen LogP contribution < -0.4 is 10.2 Å². The van der Waals surface area contributed by atoms with Crippen molar-refractivity contribution < 1.29 is 4.79 Å². The zero-order valence-electron chi connectivity index (χ0n) is 20.2. The highest BCUT2D eigenvalue weighted by Gasteiger charge is 2.28. The van der Waals surface area contributed by atoms with E-state index < -0.39 is 0 Å². The van der Waals surface area contributed by atoms with E-state index in [1.165, 1.54) is 11.1 Å². The highest BCUT2D eigenvalue weighted by atomic mass is 16.1. The van der Waals surface area contributed by atoms with Gasteiger partial charge in [-0.1, -0.05) is 24.3 Å². The predicted molar refractivity (Wildman–Crippen MR) is 136 cm³/mol. The fourth-order valence-electron chi connectivity index (χ4n) is 4.76. The third-order valence-electron chi connectivity index (χ3n) is 6.93. The number of nitrogens with zero attached hydrogens (tertiary/aromatic N) is 5. The van der Waals surface area contributed by atoms with E-state index in [-0.39, 0.29) is 11.8 Å². The van der Waals surface area contributed by atoms with Crippen LogP contribution in [-0.4, -0.2) is 39.0 Å². The van der Waals surface area contributed by atoms with Crippen molar-refractivity contribution in [2.75, 3.05) is 23.3 Å². The molecule has 1 fully saturated rings. The van der Waals surface area contributed by atoms with Gasteiger partial charge in [-0.05, 0) is 75.9 Å². The summed E-state index contributed by atoms with van der Waals surface area (Å²) in [6, 6.07) is 16.2. The molecule has 0 unspecified atom stereocenters. The highest BCUT2D eigenvalue weighted by molar-refractivity contribution is 5.94. The number of piperidine rings is 1. The van der Waals surface area contributed by atoms with Crippen LogP contribution in [0.5, 0.6) is 0 Å². The van der Waals surface area contributed by atoms with E-state index >= 15 is 0 Å². The maximum atomic E-state index is 12.9. The van der Waals surface area contributed by atoms with Crippen LogP contribution in [0.25, 0.3) is 16.6 Å². The van der Waals surface area contributed by atoms with Crippen molar-refractivity contribution in [1.82, 2.24) is 20.0 Å². The fraction of sp³-hybridized carbons (Fsp3) is 0.333. The Hall–Kier alpha value is -3.74. The summed E-state index contributed by atoms with van der Waals surface area (Å²) in [4.78, 5) is 15.1. The van der Waals surface area contributed by atoms with Crippen LogP contribution in [0.4, 0.5) is 11.5 Å². The van der Waals surface area contributed by atoms with Crippen molar-refractivity contribution in [1.29, 1.82) is 0 Å². The van der Waals surface area contributed by atoms with E-state index in [9.17, 15) is 4.79 Å². The molecule has 0 bridgehead atoms. The van der Waals surface area contributed by atoms with Gasteiger partial charge in [0, 0.05) is 24.7 Å². The average molecular weight is 455 g/mol. The van der Waals surface area contributed by atoms with Crippen molar-refractivity contribution >= 4 is 28.3 Å². The van der Waals surface area contributed by atoms with Crippen LogP contribution in [0.2, 0.25) is 0 Å². The molecule has 2 aromatic carbocycles. The Bertz CT molecular complexity index is 1350. The summed E-state index contributed by atoms with van der Waals surface area (Å²) in [6.07, 6.45) is 1.54. The number of carbonyl (C=O) groups is 1. The molecular weight excluding hydrogens is 424 g/mol. The van der Waals surface area contributed by atoms with Crippen molar-refractivity contribution in [3.05, 3.63) is 71.0 Å². The second-order valence-corrected chi connectivity index (χ2v) is 9.21. The van der Waals surface area contributed by atoms with E-state index in [4.69, 9.17) is 5.10 Å². The number of aromatic nitrogens is 4. The number of carbonyl (C=O) groups excluding carboxylic acids is 1. The van der Waals surface area contributed by atoms with Gasteiger partial charge < -0.3 is 10.2 Å². The fourth-order valence-corrected chi connectivity index (χ4v) is 4.76. The third-order valence-corrected chi connectivity index (χ3v) is 6.93. The standard InChI is InChI=1S/C27H30N6O/c1-17-10-11-22(16-18(17)2)28-27(34)21-12-14-32(15-13-21)26-25-24(19(3)29-30-26)20(4)33(31-25)23-8-6-5-7-9-23/h5-11,16,21H,12-15H2,1-4H3,(H,28,34). The zero-order valence-corrected chi connectivity index (χ0v) is 20.2. The zero-order chi connectivity index (χ0) is 23.8. The molecule has 1 saturated heterocycles. The summed E-state index contributed by atoms with van der Waals surface area (Å²) in [6.45, 7) is 9.68. The van der Waals surface area contributed by atoms with Gasteiger partial charge in [0.2, 0.25) is 5.91 Å². The molecule has 0 atom stereocenters. The summed E-state index contributed by atoms with van der Waals surface area (Å²) in [5.74, 6) is 0.869. The van der Waals surface area contributed by atoms with E-state index in [2.05, 4.69) is 41.2 Å². The number of hydrogen-bond acceptors (Lipinski definition) is 5. The molecular formula is C27H30N6O. The molecule has 3 heterocycles. The molecule has 2 aromatic heterocycles. The number of fused-ring (bicyclic) bond motifs is 1. The number of benzene rings is 2. The molecule has 0 aliphatic carbocycles. The van der Waals surface area contributed by atoms with E-state index in [0.29, 0.717) is 0 Å². The minimum Gasteiger partial charge on any atom is -0.353 e. The largest absolute Gasteiger partial charge is 0.353 e. The molecule has 5 rings (SSSR count). The van der Waals surface area contributed by atoms with Gasteiger partial charge in [-0.15, -0.1) is 5.10 Å². The SMILES string of the molecule is Cc1ccc(NC(=O)C2CCN(c3nnc(C)c4c(C)n(-c5ccccc5)nc34)CC2)cc1C. The monoisotopic (exact) mass is 454 g/mol. The van der Waals surface area contributed by atoms with Crippen LogP contribution in [-0.2, 0) is 4.79 Å². The maximum Gasteiger partial charge on any atom is 0.227 e. The van der Waals surface area contributed by atoms with Crippen molar-refractivity contribution in [3.8, 4) is 5.69 Å². The number of rotatable bonds is 4. The van der Waals surface area contributed by atoms with E-state index in [1.807, 2.05) is 60.1 Å². The van der Waals surface area contributed by atoms with Gasteiger partial charge in [-0.25, -0.2) is 4.68 Å². The van der Waals surface area contributed by atoms with Gasteiger partial charge in [0.15, 0.2) is 5.82 Å². The Kier molecular flexibility index (Phi) is 5.77. The second-order valence-electron chi connectivity index (χ2n) is 9.21. The van der Waals surface area contributed by atoms with E-state index in [0.717, 1.165) is 65.4 Å². The maximum absolute atomic E-state index is 12.9. The van der Waals surface area contributed by atoms with Crippen LogP contribution >= 0.6 is 0 Å². The number of aryl methyl sites for hydroxylation is 4. The quantitative estimate of drug-likeness (QED) is 0.474. The first kappa shape index (κ1) is 22.1. The topological polar surface area (TPSA) is 75.9 Å². The summed E-state index contributed by atoms with van der Waals surface area (Å²) in [5, 5.41) is 18.1. The van der Waals surface area contributed by atoms with Crippen LogP contribution in [0, 0.1) is 33.6 Å². The summed E-state index contributed by atoms with van der Waals surface area (Å²) in [5.41, 5.74) is 7.08. The molecule has 7 heteroatoms. The molecule has 0 saturated carbocycles. The van der Waals surface area contributed by atoms with Crippen LogP contribution in [0.3, 0.4) is 0 Å². The lowest BCUT2D eigenvalue weighted by molar-refractivity contribution is -0.120. The Labute approximate surface area is 199 Å². The van der Waals surface area contributed by atoms with Gasteiger partial charge in [0.25, 0.3) is 0 Å². The Morgan fingerprint density at radius 3 is 2.38 bits per heavy atom. The minimum atomic E-state index is -0.0182. The summed E-state index contributed by atoms with van der Waals surface area (Å²) in [7, 11) is 0.